The van der Waals surface area contributed by atoms with Crippen LogP contribution in [0.1, 0.15) is 13.8 Å². The maximum absolute atomic E-state index is 11.7. The Bertz CT molecular complexity index is 386. The molecule has 0 unspecified atom stereocenters. The van der Waals surface area contributed by atoms with Crippen molar-refractivity contribution in [3.05, 3.63) is 23.3 Å². The number of rotatable bonds is 1. The molecule has 2 aliphatic heterocycles. The molecule has 1 N–H and O–H groups in total. The first-order chi connectivity index (χ1) is 7.49. The van der Waals surface area contributed by atoms with Crippen LogP contribution in [-0.4, -0.2) is 47.8 Å². The number of aliphatic hydroxyl groups is 1. The zero-order chi connectivity index (χ0) is 12.0. The predicted octanol–water partition coefficient (Wildman–Crippen LogP) is 0.479. The van der Waals surface area contributed by atoms with Gasteiger partial charge in [-0.25, -0.2) is 0 Å². The molecule has 4 nitrogen and oxygen atoms in total. The number of fused-ring (bicyclic) bond motifs is 1. The highest BCUT2D eigenvalue weighted by Crippen LogP contribution is 2.34. The lowest BCUT2D eigenvalue weighted by atomic mass is 9.89. The Kier molecular flexibility index (Phi) is 2.64. The van der Waals surface area contributed by atoms with Gasteiger partial charge < -0.3 is 14.7 Å². The van der Waals surface area contributed by atoms with E-state index in [-0.39, 0.29) is 11.9 Å². The molecule has 88 valence electrons. The van der Waals surface area contributed by atoms with Crippen molar-refractivity contribution in [3.8, 4) is 0 Å². The molecule has 0 radical (unpaired) electrons. The molecule has 16 heavy (non-hydrogen) atoms. The maximum atomic E-state index is 11.7. The van der Waals surface area contributed by atoms with Gasteiger partial charge in [0.2, 0.25) is 0 Å². The molecule has 0 aromatic heterocycles. The zero-order valence-corrected chi connectivity index (χ0v) is 9.86. The summed E-state index contributed by atoms with van der Waals surface area (Å²) in [6.07, 6.45) is -1.16. The lowest BCUT2D eigenvalue weighted by Crippen LogP contribution is -2.69. The van der Waals surface area contributed by atoms with Gasteiger partial charge in [0.25, 0.3) is 5.91 Å². The van der Waals surface area contributed by atoms with Gasteiger partial charge in [0.1, 0.15) is 0 Å². The van der Waals surface area contributed by atoms with Crippen molar-refractivity contribution in [2.45, 2.75) is 32.1 Å². The molecule has 2 rings (SSSR count). The molecule has 1 fully saturated rings. The predicted molar refractivity (Wildman–Crippen MR) is 59.8 cm³/mol. The van der Waals surface area contributed by atoms with E-state index in [0.717, 1.165) is 16.7 Å². The second kappa shape index (κ2) is 3.71. The van der Waals surface area contributed by atoms with E-state index in [2.05, 4.69) is 6.58 Å². The molecule has 4 heteroatoms. The number of methoxy groups -OCH3 is 1. The Morgan fingerprint density at radius 1 is 1.50 bits per heavy atom. The number of β-lactam (4-membered cyclic amide) rings is 1. The highest BCUT2D eigenvalue weighted by atomic mass is 16.5. The number of nitrogens with zero attached hydrogens (tertiary/aromatic N) is 1. The standard InChI is InChI=1S/C12H17NO3/c1-6-5-13-9(11(16-4)12(13)15)10(14)8(3)7(6)2/h9-11,14H,1,5H2,2-4H3/t9-,10+,11+/m0/s1. The summed E-state index contributed by atoms with van der Waals surface area (Å²) in [5, 5.41) is 10.2. The van der Waals surface area contributed by atoms with Gasteiger partial charge in [-0.05, 0) is 30.6 Å². The normalized spacial score (nSPS) is 34.8. The third-order valence-electron chi connectivity index (χ3n) is 3.70. The summed E-state index contributed by atoms with van der Waals surface area (Å²) >= 11 is 0. The van der Waals surface area contributed by atoms with Crippen molar-refractivity contribution >= 4 is 5.91 Å². The van der Waals surface area contributed by atoms with E-state index in [1.165, 1.54) is 7.11 Å². The summed E-state index contributed by atoms with van der Waals surface area (Å²) in [5.74, 6) is -0.0600. The average Bonchev–Trinajstić information content (AvgIpc) is 2.34. The van der Waals surface area contributed by atoms with Crippen molar-refractivity contribution in [2.75, 3.05) is 13.7 Å². The van der Waals surface area contributed by atoms with E-state index in [9.17, 15) is 9.90 Å². The lowest BCUT2D eigenvalue weighted by Gasteiger charge is -2.47. The Morgan fingerprint density at radius 2 is 2.12 bits per heavy atom. The van der Waals surface area contributed by atoms with Gasteiger partial charge in [-0.1, -0.05) is 6.58 Å². The average molecular weight is 223 g/mol. The second-order valence-electron chi connectivity index (χ2n) is 4.47. The fraction of sp³-hybridized carbons (Fsp3) is 0.583. The van der Waals surface area contributed by atoms with Gasteiger partial charge in [0, 0.05) is 13.7 Å². The second-order valence-corrected chi connectivity index (χ2v) is 4.47. The van der Waals surface area contributed by atoms with Gasteiger partial charge in [-0.2, -0.15) is 0 Å². The Balaban J connectivity index is 2.35. The zero-order valence-electron chi connectivity index (χ0n) is 9.86. The van der Waals surface area contributed by atoms with Crippen molar-refractivity contribution < 1.29 is 14.6 Å². The number of hydrogen-bond acceptors (Lipinski definition) is 3. The number of ether oxygens (including phenoxy) is 1. The highest BCUT2D eigenvalue weighted by molar-refractivity contribution is 5.89. The van der Waals surface area contributed by atoms with E-state index >= 15 is 0 Å². The summed E-state index contributed by atoms with van der Waals surface area (Å²) in [6, 6.07) is -0.258. The Morgan fingerprint density at radius 3 is 2.69 bits per heavy atom. The monoisotopic (exact) mass is 223 g/mol. The molecule has 3 atom stereocenters. The van der Waals surface area contributed by atoms with Gasteiger partial charge in [0.05, 0.1) is 12.1 Å². The fourth-order valence-corrected chi connectivity index (χ4v) is 2.38. The van der Waals surface area contributed by atoms with Crippen LogP contribution in [0.2, 0.25) is 0 Å². The molecule has 0 aliphatic carbocycles. The minimum absolute atomic E-state index is 0.0600. The van der Waals surface area contributed by atoms with Crippen molar-refractivity contribution in [2.24, 2.45) is 0 Å². The van der Waals surface area contributed by atoms with E-state index < -0.39 is 12.2 Å². The van der Waals surface area contributed by atoms with E-state index in [1.807, 2.05) is 13.8 Å². The quantitative estimate of drug-likeness (QED) is 0.658. The molecule has 2 aliphatic rings. The smallest absolute Gasteiger partial charge is 0.254 e. The Labute approximate surface area is 95.2 Å². The maximum Gasteiger partial charge on any atom is 0.254 e. The van der Waals surface area contributed by atoms with Crippen molar-refractivity contribution in [1.82, 2.24) is 4.90 Å². The molecule has 1 saturated heterocycles. The van der Waals surface area contributed by atoms with Crippen LogP contribution in [0.25, 0.3) is 0 Å². The Hall–Kier alpha value is -1.13. The van der Waals surface area contributed by atoms with Crippen LogP contribution in [0.15, 0.2) is 23.3 Å². The van der Waals surface area contributed by atoms with Crippen LogP contribution in [0, 0.1) is 0 Å². The van der Waals surface area contributed by atoms with Gasteiger partial charge in [-0.15, -0.1) is 0 Å². The SMILES string of the molecule is C=C1CN2C(=O)[C@H](OC)[C@@H]2[C@H](O)C(C)=C1C. The molecule has 2 heterocycles. The summed E-state index contributed by atoms with van der Waals surface area (Å²) in [6.45, 7) is 8.24. The van der Waals surface area contributed by atoms with Crippen LogP contribution in [0.3, 0.4) is 0 Å². The molecule has 0 bridgehead atoms. The summed E-state index contributed by atoms with van der Waals surface area (Å²) < 4.78 is 5.11. The first-order valence-corrected chi connectivity index (χ1v) is 5.36. The van der Waals surface area contributed by atoms with Gasteiger partial charge >= 0.3 is 0 Å². The minimum atomic E-state index is -0.651. The summed E-state index contributed by atoms with van der Waals surface area (Å²) in [5.41, 5.74) is 2.76. The minimum Gasteiger partial charge on any atom is -0.386 e. The van der Waals surface area contributed by atoms with E-state index in [1.54, 1.807) is 4.90 Å². The summed E-state index contributed by atoms with van der Waals surface area (Å²) in [7, 11) is 1.50. The molecular formula is C12H17NO3. The molecular weight excluding hydrogens is 206 g/mol. The third-order valence-corrected chi connectivity index (χ3v) is 3.70. The van der Waals surface area contributed by atoms with E-state index in [0.29, 0.717) is 6.54 Å². The van der Waals surface area contributed by atoms with Gasteiger partial charge in [0.15, 0.2) is 6.10 Å². The fourth-order valence-electron chi connectivity index (χ4n) is 2.38. The number of carbonyl (C=O) groups excluding carboxylic acids is 1. The van der Waals surface area contributed by atoms with Crippen LogP contribution in [0.4, 0.5) is 0 Å². The van der Waals surface area contributed by atoms with Crippen molar-refractivity contribution in [1.29, 1.82) is 0 Å². The number of hydrogen-bond donors (Lipinski definition) is 1. The topological polar surface area (TPSA) is 49.8 Å². The largest absolute Gasteiger partial charge is 0.386 e. The van der Waals surface area contributed by atoms with Crippen LogP contribution >= 0.6 is 0 Å². The van der Waals surface area contributed by atoms with E-state index in [4.69, 9.17) is 4.74 Å². The first kappa shape index (κ1) is 11.4. The molecule has 0 spiro atoms. The highest BCUT2D eigenvalue weighted by Gasteiger charge is 2.52. The number of carbonyl (C=O) groups is 1. The van der Waals surface area contributed by atoms with Crippen LogP contribution < -0.4 is 0 Å². The van der Waals surface area contributed by atoms with Crippen molar-refractivity contribution in [3.63, 3.8) is 0 Å². The summed E-state index contributed by atoms with van der Waals surface area (Å²) in [4.78, 5) is 13.4. The molecule has 0 aromatic carbocycles. The first-order valence-electron chi connectivity index (χ1n) is 5.36. The number of amides is 1. The molecule has 1 amide bonds. The lowest BCUT2D eigenvalue weighted by molar-refractivity contribution is -0.176. The van der Waals surface area contributed by atoms with Crippen LogP contribution in [0.5, 0.6) is 0 Å². The molecule has 0 saturated carbocycles. The molecule has 0 aromatic rings. The van der Waals surface area contributed by atoms with Crippen LogP contribution in [-0.2, 0) is 9.53 Å². The van der Waals surface area contributed by atoms with Gasteiger partial charge in [-0.3, -0.25) is 4.79 Å². The number of aliphatic hydroxyl groups excluding tert-OH is 1. The third kappa shape index (κ3) is 1.33.